The summed E-state index contributed by atoms with van der Waals surface area (Å²) >= 11 is 0. The lowest BCUT2D eigenvalue weighted by Crippen LogP contribution is -2.54. The summed E-state index contributed by atoms with van der Waals surface area (Å²) < 4.78 is 7.14. The first-order valence-electron chi connectivity index (χ1n) is 9.51. The molecule has 10 heteroatoms. The van der Waals surface area contributed by atoms with E-state index in [0.717, 1.165) is 57.3 Å². The molecule has 1 fully saturated rings. The number of rotatable bonds is 7. The van der Waals surface area contributed by atoms with Crippen molar-refractivity contribution in [1.82, 2.24) is 29.9 Å². The zero-order valence-electron chi connectivity index (χ0n) is 16.6. The molecule has 27 heavy (non-hydrogen) atoms. The summed E-state index contributed by atoms with van der Waals surface area (Å²) in [7, 11) is 0. The second kappa shape index (κ2) is 12.7. The number of amides is 1. The molecule has 0 bridgehead atoms. The van der Waals surface area contributed by atoms with E-state index in [4.69, 9.17) is 4.74 Å². The first kappa shape index (κ1) is 23.4. The molecular weight excluding hydrogens is 461 g/mol. The summed E-state index contributed by atoms with van der Waals surface area (Å²) in [5, 5.41) is 11.5. The van der Waals surface area contributed by atoms with Gasteiger partial charge >= 0.3 is 6.09 Å². The highest BCUT2D eigenvalue weighted by Gasteiger charge is 2.23. The number of aliphatic imine (C=N–C) groups is 1. The molecule has 2 heterocycles. The first-order valence-corrected chi connectivity index (χ1v) is 9.51. The number of halogens is 1. The fourth-order valence-electron chi connectivity index (χ4n) is 2.83. The van der Waals surface area contributed by atoms with Crippen LogP contribution in [0.5, 0.6) is 0 Å². The van der Waals surface area contributed by atoms with Crippen molar-refractivity contribution in [3.05, 3.63) is 12.2 Å². The van der Waals surface area contributed by atoms with Crippen LogP contribution in [0.4, 0.5) is 4.79 Å². The van der Waals surface area contributed by atoms with Gasteiger partial charge in [-0.1, -0.05) is 13.8 Å². The van der Waals surface area contributed by atoms with Gasteiger partial charge < -0.3 is 24.4 Å². The third-order valence-corrected chi connectivity index (χ3v) is 4.24. The molecule has 154 valence electrons. The van der Waals surface area contributed by atoms with E-state index in [-0.39, 0.29) is 30.1 Å². The van der Waals surface area contributed by atoms with Gasteiger partial charge in [-0.05, 0) is 13.3 Å². The second-order valence-electron chi connectivity index (χ2n) is 6.10. The molecule has 0 unspecified atom stereocenters. The van der Waals surface area contributed by atoms with Crippen molar-refractivity contribution >= 4 is 36.0 Å². The fraction of sp³-hybridized carbons (Fsp3) is 0.765. The van der Waals surface area contributed by atoms with Crippen LogP contribution in [0.1, 0.15) is 33.0 Å². The quantitative estimate of drug-likeness (QED) is 0.353. The smallest absolute Gasteiger partial charge is 0.409 e. The Labute approximate surface area is 178 Å². The maximum Gasteiger partial charge on any atom is 0.409 e. The summed E-state index contributed by atoms with van der Waals surface area (Å²) in [6.07, 6.45) is 3.40. The fourth-order valence-corrected chi connectivity index (χ4v) is 2.83. The van der Waals surface area contributed by atoms with Crippen LogP contribution in [-0.4, -0.2) is 82.5 Å². The van der Waals surface area contributed by atoms with Crippen LogP contribution < -0.4 is 5.32 Å². The topological polar surface area (TPSA) is 87.9 Å². The Balaban J connectivity index is 0.00000364. The van der Waals surface area contributed by atoms with Gasteiger partial charge in [-0.2, -0.15) is 0 Å². The lowest BCUT2D eigenvalue weighted by molar-refractivity contribution is 0.0914. The van der Waals surface area contributed by atoms with Crippen molar-refractivity contribution in [1.29, 1.82) is 0 Å². The van der Waals surface area contributed by atoms with Crippen molar-refractivity contribution in [3.8, 4) is 0 Å². The van der Waals surface area contributed by atoms with Gasteiger partial charge in [-0.25, -0.2) is 4.79 Å². The molecule has 1 aliphatic rings. The van der Waals surface area contributed by atoms with Crippen molar-refractivity contribution in [2.45, 2.75) is 40.2 Å². The number of nitrogens with one attached hydrogen (secondary N) is 1. The van der Waals surface area contributed by atoms with Crippen LogP contribution in [0.2, 0.25) is 0 Å². The summed E-state index contributed by atoms with van der Waals surface area (Å²) in [6.45, 7) is 11.6. The average Bonchev–Trinajstić information content (AvgIpc) is 3.12. The number of ether oxygens (including phenoxy) is 1. The van der Waals surface area contributed by atoms with Gasteiger partial charge in [0.15, 0.2) is 5.96 Å². The predicted molar refractivity (Wildman–Crippen MR) is 116 cm³/mol. The molecule has 2 rings (SSSR count). The number of aryl methyl sites for hydroxylation is 1. The van der Waals surface area contributed by atoms with Crippen molar-refractivity contribution in [2.24, 2.45) is 4.99 Å². The lowest BCUT2D eigenvalue weighted by Gasteiger charge is -2.36. The minimum Gasteiger partial charge on any atom is -0.450 e. The van der Waals surface area contributed by atoms with Gasteiger partial charge in [0.25, 0.3) is 0 Å². The molecule has 0 radical (unpaired) electrons. The number of piperazine rings is 1. The molecule has 9 nitrogen and oxygen atoms in total. The van der Waals surface area contributed by atoms with E-state index in [9.17, 15) is 4.79 Å². The maximum absolute atomic E-state index is 11.8. The number of nitrogens with zero attached hydrogens (tertiary/aromatic N) is 6. The van der Waals surface area contributed by atoms with Crippen molar-refractivity contribution in [3.63, 3.8) is 0 Å². The molecule has 0 atom stereocenters. The van der Waals surface area contributed by atoms with E-state index < -0.39 is 0 Å². The number of hydrogen-bond donors (Lipinski definition) is 1. The highest BCUT2D eigenvalue weighted by Crippen LogP contribution is 2.05. The zero-order chi connectivity index (χ0) is 18.8. The molecule has 1 amide bonds. The third-order valence-electron chi connectivity index (χ3n) is 4.24. The highest BCUT2D eigenvalue weighted by atomic mass is 127. The van der Waals surface area contributed by atoms with Gasteiger partial charge in [0, 0.05) is 52.2 Å². The SMILES string of the molecule is CCCN=C(NCCn1cnnc1CC)N1CCN(C(=O)OCC)CC1.I. The molecule has 1 N–H and O–H groups in total. The minimum atomic E-state index is -0.230. The summed E-state index contributed by atoms with van der Waals surface area (Å²) in [5.41, 5.74) is 0. The van der Waals surface area contributed by atoms with E-state index >= 15 is 0 Å². The zero-order valence-corrected chi connectivity index (χ0v) is 18.9. The summed E-state index contributed by atoms with van der Waals surface area (Å²) in [5.74, 6) is 1.89. The van der Waals surface area contributed by atoms with Gasteiger partial charge in [-0.3, -0.25) is 4.99 Å². The molecule has 1 aliphatic heterocycles. The lowest BCUT2D eigenvalue weighted by atomic mass is 10.3. The predicted octanol–water partition coefficient (Wildman–Crippen LogP) is 1.59. The molecule has 0 aromatic carbocycles. The van der Waals surface area contributed by atoms with Crippen LogP contribution in [0.25, 0.3) is 0 Å². The normalized spacial score (nSPS) is 14.7. The van der Waals surface area contributed by atoms with Gasteiger partial charge in [0.1, 0.15) is 12.2 Å². The van der Waals surface area contributed by atoms with E-state index in [1.165, 1.54) is 0 Å². The van der Waals surface area contributed by atoms with Gasteiger partial charge in [0.2, 0.25) is 0 Å². The number of aromatic nitrogens is 3. The van der Waals surface area contributed by atoms with Crippen LogP contribution >= 0.6 is 24.0 Å². The Morgan fingerprint density at radius 3 is 2.56 bits per heavy atom. The first-order chi connectivity index (χ1) is 12.7. The number of hydrogen-bond acceptors (Lipinski definition) is 5. The van der Waals surface area contributed by atoms with Crippen molar-refractivity contribution < 1.29 is 9.53 Å². The summed E-state index contributed by atoms with van der Waals surface area (Å²) in [6, 6.07) is 0. The van der Waals surface area contributed by atoms with E-state index in [0.29, 0.717) is 19.7 Å². The Morgan fingerprint density at radius 2 is 1.93 bits per heavy atom. The minimum absolute atomic E-state index is 0. The van der Waals surface area contributed by atoms with Gasteiger partial charge in [-0.15, -0.1) is 34.2 Å². The largest absolute Gasteiger partial charge is 0.450 e. The van der Waals surface area contributed by atoms with E-state index in [1.54, 1.807) is 11.2 Å². The second-order valence-corrected chi connectivity index (χ2v) is 6.10. The third kappa shape index (κ3) is 7.15. The maximum atomic E-state index is 11.8. The van der Waals surface area contributed by atoms with Crippen LogP contribution in [0, 0.1) is 0 Å². The Kier molecular flexibility index (Phi) is 11.1. The number of carbonyl (C=O) groups is 1. The van der Waals surface area contributed by atoms with Gasteiger partial charge in [0.05, 0.1) is 6.61 Å². The van der Waals surface area contributed by atoms with Crippen LogP contribution in [0.15, 0.2) is 11.3 Å². The molecule has 1 aromatic rings. The number of guanidine groups is 1. The Morgan fingerprint density at radius 1 is 1.22 bits per heavy atom. The monoisotopic (exact) mass is 493 g/mol. The molecule has 1 saturated heterocycles. The molecule has 0 spiro atoms. The average molecular weight is 493 g/mol. The molecule has 0 saturated carbocycles. The summed E-state index contributed by atoms with van der Waals surface area (Å²) in [4.78, 5) is 20.5. The van der Waals surface area contributed by atoms with Crippen molar-refractivity contribution in [2.75, 3.05) is 45.9 Å². The molecule has 0 aliphatic carbocycles. The molecule has 1 aromatic heterocycles. The van der Waals surface area contributed by atoms with Crippen LogP contribution in [-0.2, 0) is 17.7 Å². The van der Waals surface area contributed by atoms with E-state index in [2.05, 4.69) is 43.8 Å². The van der Waals surface area contributed by atoms with E-state index in [1.807, 2.05) is 6.92 Å². The number of carbonyl (C=O) groups excluding carboxylic acids is 1. The Hall–Kier alpha value is -1.59. The molecular formula is C17H32IN7O2. The standard InChI is InChI=1S/C17H31N7O2.HI/c1-4-7-18-16(19-8-9-24-14-20-21-15(24)5-2)22-10-12-23(13-11-22)17(25)26-6-3;/h14H,4-13H2,1-3H3,(H,18,19);1H. The Bertz CT molecular complexity index is 586. The van der Waals surface area contributed by atoms with Crippen LogP contribution in [0.3, 0.4) is 0 Å². The highest BCUT2D eigenvalue weighted by molar-refractivity contribution is 14.0.